The van der Waals surface area contributed by atoms with Crippen LogP contribution in [-0.2, 0) is 11.2 Å². The molecule has 0 bridgehead atoms. The van der Waals surface area contributed by atoms with Gasteiger partial charge in [-0.1, -0.05) is 0 Å². The van der Waals surface area contributed by atoms with Crippen LogP contribution < -0.4 is 0 Å². The van der Waals surface area contributed by atoms with Gasteiger partial charge in [-0.15, -0.1) is 0 Å². The fourth-order valence-electron chi connectivity index (χ4n) is 4.29. The zero-order valence-electron chi connectivity index (χ0n) is 17.9. The average molecular weight is 452 g/mol. The van der Waals surface area contributed by atoms with Crippen LogP contribution in [0.1, 0.15) is 11.3 Å². The summed E-state index contributed by atoms with van der Waals surface area (Å²) in [6, 6.07) is 9.78. The topological polar surface area (TPSA) is 82.9 Å². The van der Waals surface area contributed by atoms with E-state index >= 15 is 8.78 Å². The Morgan fingerprint density at radius 1 is 1.27 bits per heavy atom. The highest BCUT2D eigenvalue weighted by atomic mass is 19.1. The van der Waals surface area contributed by atoms with Gasteiger partial charge in [0.25, 0.3) is 0 Å². The molecule has 170 valence electrons. The molecule has 9 heteroatoms. The largest absolute Gasteiger partial charge is 0.465 e. The third-order valence-electron chi connectivity index (χ3n) is 5.90. The molecule has 3 aromatic heterocycles. The van der Waals surface area contributed by atoms with E-state index < -0.39 is 23.8 Å². The third kappa shape index (κ3) is 3.95. The molecule has 4 aromatic rings. The highest BCUT2D eigenvalue weighted by Crippen LogP contribution is 2.34. The number of rotatable bonds is 4. The fourth-order valence-corrected chi connectivity index (χ4v) is 4.29. The van der Waals surface area contributed by atoms with Gasteiger partial charge < -0.3 is 24.1 Å². The lowest BCUT2D eigenvalue weighted by Gasteiger charge is -2.31. The van der Waals surface area contributed by atoms with Crippen LogP contribution >= 0.6 is 0 Å². The van der Waals surface area contributed by atoms with Gasteiger partial charge in [0.05, 0.1) is 36.2 Å². The SMILES string of the molecule is Cc1ccn2c(CC3CN(C(=O)O)CCO3)c(-c3c(F)cc(-c4ccc[nH]4)cc3F)nc2c1. The van der Waals surface area contributed by atoms with Gasteiger partial charge >= 0.3 is 6.09 Å². The molecule has 1 atom stereocenters. The molecule has 7 nitrogen and oxygen atoms in total. The second-order valence-corrected chi connectivity index (χ2v) is 8.16. The molecule has 1 amide bonds. The first kappa shape index (κ1) is 21.1. The molecule has 2 N–H and O–H groups in total. The molecule has 1 fully saturated rings. The lowest BCUT2D eigenvalue weighted by molar-refractivity contribution is -0.0214. The van der Waals surface area contributed by atoms with E-state index in [4.69, 9.17) is 4.74 Å². The number of imidazole rings is 1. The van der Waals surface area contributed by atoms with Gasteiger partial charge in [0.1, 0.15) is 17.3 Å². The van der Waals surface area contributed by atoms with E-state index in [0.717, 1.165) is 5.56 Å². The van der Waals surface area contributed by atoms with Crippen molar-refractivity contribution in [1.29, 1.82) is 0 Å². The van der Waals surface area contributed by atoms with Gasteiger partial charge in [0.2, 0.25) is 0 Å². The Morgan fingerprint density at radius 2 is 2.06 bits per heavy atom. The number of nitrogens with zero attached hydrogens (tertiary/aromatic N) is 3. The standard InChI is InChI=1S/C24H22F2N4O3/c1-14-4-6-30-20(12-16-13-29(24(31)32)7-8-33-16)23(28-21(30)9-14)22-17(25)10-15(11-18(22)26)19-3-2-5-27-19/h2-6,9-11,16,27H,7-8,12-13H2,1H3,(H,31,32). The summed E-state index contributed by atoms with van der Waals surface area (Å²) >= 11 is 0. The zero-order valence-corrected chi connectivity index (χ0v) is 17.9. The maximum absolute atomic E-state index is 15.3. The normalized spacial score (nSPS) is 16.5. The lowest BCUT2D eigenvalue weighted by atomic mass is 10.0. The summed E-state index contributed by atoms with van der Waals surface area (Å²) in [6.45, 7) is 2.63. The Bertz CT molecular complexity index is 1310. The van der Waals surface area contributed by atoms with Crippen LogP contribution in [0.3, 0.4) is 0 Å². The molecule has 5 rings (SSSR count). The van der Waals surface area contributed by atoms with Gasteiger partial charge in [-0.05, 0) is 48.9 Å². The Kier molecular flexibility index (Phi) is 5.33. The number of amides is 1. The number of hydrogen-bond acceptors (Lipinski definition) is 3. The summed E-state index contributed by atoms with van der Waals surface area (Å²) in [6.07, 6.45) is 2.26. The van der Waals surface area contributed by atoms with Crippen molar-refractivity contribution < 1.29 is 23.4 Å². The smallest absolute Gasteiger partial charge is 0.407 e. The summed E-state index contributed by atoms with van der Waals surface area (Å²) in [5, 5.41) is 9.35. The fraction of sp³-hybridized carbons (Fsp3) is 0.250. The van der Waals surface area contributed by atoms with E-state index in [0.29, 0.717) is 22.6 Å². The first-order valence-electron chi connectivity index (χ1n) is 10.6. The number of H-pyrrole nitrogens is 1. The van der Waals surface area contributed by atoms with E-state index in [1.54, 1.807) is 28.9 Å². The Balaban J connectivity index is 1.61. The summed E-state index contributed by atoms with van der Waals surface area (Å²) in [5.74, 6) is -1.45. The zero-order chi connectivity index (χ0) is 23.1. The second kappa shape index (κ2) is 8.32. The molecule has 1 aliphatic rings. The van der Waals surface area contributed by atoms with E-state index in [2.05, 4.69) is 9.97 Å². The van der Waals surface area contributed by atoms with Crippen molar-refractivity contribution in [3.63, 3.8) is 0 Å². The monoisotopic (exact) mass is 452 g/mol. The summed E-state index contributed by atoms with van der Waals surface area (Å²) < 4.78 is 38.2. The van der Waals surface area contributed by atoms with Gasteiger partial charge in [0, 0.05) is 36.6 Å². The Labute approximate surface area is 188 Å². The summed E-state index contributed by atoms with van der Waals surface area (Å²) in [7, 11) is 0. The molecule has 4 heterocycles. The maximum atomic E-state index is 15.3. The minimum Gasteiger partial charge on any atom is -0.465 e. The van der Waals surface area contributed by atoms with E-state index in [1.165, 1.54) is 17.0 Å². The number of carboxylic acid groups (broad SMARTS) is 1. The number of aromatic nitrogens is 3. The van der Waals surface area contributed by atoms with Crippen molar-refractivity contribution in [3.8, 4) is 22.5 Å². The minimum absolute atomic E-state index is 0.171. The van der Waals surface area contributed by atoms with E-state index in [1.807, 2.05) is 19.1 Å². The average Bonchev–Trinajstić information content (AvgIpc) is 3.42. The number of aromatic amines is 1. The number of carbonyl (C=O) groups is 1. The van der Waals surface area contributed by atoms with E-state index in [9.17, 15) is 9.90 Å². The number of nitrogens with one attached hydrogen (secondary N) is 1. The first-order valence-corrected chi connectivity index (χ1v) is 10.6. The number of aryl methyl sites for hydroxylation is 1. The van der Waals surface area contributed by atoms with Crippen molar-refractivity contribution >= 4 is 11.7 Å². The highest BCUT2D eigenvalue weighted by Gasteiger charge is 2.28. The number of hydrogen-bond donors (Lipinski definition) is 2. The molecule has 33 heavy (non-hydrogen) atoms. The van der Waals surface area contributed by atoms with Crippen LogP contribution in [0.25, 0.3) is 28.2 Å². The summed E-state index contributed by atoms with van der Waals surface area (Å²) in [4.78, 5) is 20.2. The van der Waals surface area contributed by atoms with Crippen LogP contribution in [0.2, 0.25) is 0 Å². The predicted molar refractivity (Wildman–Crippen MR) is 118 cm³/mol. The number of pyridine rings is 1. The van der Waals surface area contributed by atoms with Gasteiger partial charge in [-0.2, -0.15) is 0 Å². The molecule has 1 aromatic carbocycles. The van der Waals surface area contributed by atoms with E-state index in [-0.39, 0.29) is 37.4 Å². The first-order chi connectivity index (χ1) is 15.9. The van der Waals surface area contributed by atoms with Crippen LogP contribution in [0.4, 0.5) is 13.6 Å². The Morgan fingerprint density at radius 3 is 2.76 bits per heavy atom. The second-order valence-electron chi connectivity index (χ2n) is 8.16. The molecule has 1 unspecified atom stereocenters. The van der Waals surface area contributed by atoms with Crippen LogP contribution in [0.15, 0.2) is 48.8 Å². The lowest BCUT2D eigenvalue weighted by Crippen LogP contribution is -2.45. The molecule has 0 spiro atoms. The van der Waals surface area contributed by atoms with Gasteiger partial charge in [0.15, 0.2) is 0 Å². The third-order valence-corrected chi connectivity index (χ3v) is 5.90. The van der Waals surface area contributed by atoms with Gasteiger partial charge in [-0.25, -0.2) is 18.6 Å². The van der Waals surface area contributed by atoms with Crippen LogP contribution in [0.5, 0.6) is 0 Å². The number of benzene rings is 1. The van der Waals surface area contributed by atoms with Crippen LogP contribution in [-0.4, -0.2) is 56.3 Å². The van der Waals surface area contributed by atoms with Crippen molar-refractivity contribution in [2.45, 2.75) is 19.4 Å². The predicted octanol–water partition coefficient (Wildman–Crippen LogP) is 4.50. The number of morpholine rings is 1. The molecule has 0 saturated carbocycles. The number of halogens is 2. The molecule has 0 aliphatic carbocycles. The Hall–Kier alpha value is -3.72. The molecular formula is C24H22F2N4O3. The minimum atomic E-state index is -1.02. The molecule has 0 radical (unpaired) electrons. The molecular weight excluding hydrogens is 430 g/mol. The van der Waals surface area contributed by atoms with Crippen molar-refractivity contribution in [3.05, 3.63) is 71.7 Å². The van der Waals surface area contributed by atoms with Gasteiger partial charge in [-0.3, -0.25) is 0 Å². The quantitative estimate of drug-likeness (QED) is 0.478. The highest BCUT2D eigenvalue weighted by molar-refractivity contribution is 5.72. The van der Waals surface area contributed by atoms with Crippen molar-refractivity contribution in [2.24, 2.45) is 0 Å². The summed E-state index contributed by atoms with van der Waals surface area (Å²) in [5.41, 5.74) is 3.05. The van der Waals surface area contributed by atoms with Crippen molar-refractivity contribution in [1.82, 2.24) is 19.3 Å². The molecule has 1 saturated heterocycles. The molecule has 1 aliphatic heterocycles. The van der Waals surface area contributed by atoms with Crippen LogP contribution in [0, 0.1) is 18.6 Å². The number of ether oxygens (including phenoxy) is 1. The number of fused-ring (bicyclic) bond motifs is 1. The van der Waals surface area contributed by atoms with Crippen molar-refractivity contribution in [2.75, 3.05) is 19.7 Å². The maximum Gasteiger partial charge on any atom is 0.407 e.